The smallest absolute Gasteiger partial charge is 0.205 e. The van der Waals surface area contributed by atoms with Gasteiger partial charge in [-0.05, 0) is 35.5 Å². The van der Waals surface area contributed by atoms with Crippen molar-refractivity contribution in [1.29, 1.82) is 0 Å². The third-order valence-electron chi connectivity index (χ3n) is 4.16. The molecule has 1 aliphatic heterocycles. The molecular weight excluding hydrogens is 372 g/mol. The van der Waals surface area contributed by atoms with Crippen LogP contribution in [0.15, 0.2) is 30.3 Å². The molecule has 8 nitrogen and oxygen atoms in total. The first-order valence-corrected chi connectivity index (χ1v) is 8.58. The zero-order valence-electron chi connectivity index (χ0n) is 14.8. The molecule has 0 fully saturated rings. The second-order valence-electron chi connectivity index (χ2n) is 5.88. The fraction of sp³-hybridized carbons (Fsp3) is 0.278. The molecule has 2 heterocycles. The van der Waals surface area contributed by atoms with E-state index >= 15 is 0 Å². The summed E-state index contributed by atoms with van der Waals surface area (Å²) in [6.07, 6.45) is 0. The van der Waals surface area contributed by atoms with Crippen molar-refractivity contribution in [2.75, 3.05) is 21.0 Å². The van der Waals surface area contributed by atoms with Gasteiger partial charge in [-0.15, -0.1) is 10.2 Å². The monoisotopic (exact) mass is 388 g/mol. The van der Waals surface area contributed by atoms with E-state index in [4.69, 9.17) is 30.5 Å². The number of rotatable bonds is 5. The van der Waals surface area contributed by atoms with Gasteiger partial charge in [0.15, 0.2) is 18.3 Å². The first-order valence-electron chi connectivity index (χ1n) is 8.20. The summed E-state index contributed by atoms with van der Waals surface area (Å²) < 4.78 is 21.5. The van der Waals surface area contributed by atoms with Gasteiger partial charge in [-0.3, -0.25) is 0 Å². The van der Waals surface area contributed by atoms with E-state index in [9.17, 15) is 0 Å². The van der Waals surface area contributed by atoms with Crippen molar-refractivity contribution in [2.24, 2.45) is 0 Å². The Bertz CT molecular complexity index is 976. The van der Waals surface area contributed by atoms with E-state index < -0.39 is 0 Å². The van der Waals surface area contributed by atoms with E-state index in [2.05, 4.69) is 15.4 Å². The quantitative estimate of drug-likeness (QED) is 0.664. The normalized spacial score (nSPS) is 13.0. The number of methoxy groups -OCH3 is 2. The number of ether oxygens (including phenoxy) is 4. The summed E-state index contributed by atoms with van der Waals surface area (Å²) in [5.41, 5.74) is 2.55. The third-order valence-corrected chi connectivity index (χ3v) is 4.38. The van der Waals surface area contributed by atoms with Crippen LogP contribution in [0.3, 0.4) is 0 Å². The van der Waals surface area contributed by atoms with E-state index in [1.54, 1.807) is 20.3 Å². The highest BCUT2D eigenvalue weighted by Crippen LogP contribution is 2.33. The van der Waals surface area contributed by atoms with Gasteiger partial charge in [0.2, 0.25) is 5.82 Å². The van der Waals surface area contributed by atoms with Crippen molar-refractivity contribution in [3.05, 3.63) is 46.5 Å². The molecule has 27 heavy (non-hydrogen) atoms. The molecule has 0 aliphatic carbocycles. The molecule has 0 N–H and O–H groups in total. The lowest BCUT2D eigenvalue weighted by molar-refractivity contribution is -0.0171. The second kappa shape index (κ2) is 7.42. The predicted octanol–water partition coefficient (Wildman–Crippen LogP) is 2.93. The molecule has 0 bridgehead atoms. The van der Waals surface area contributed by atoms with Gasteiger partial charge in [-0.1, -0.05) is 11.6 Å². The highest BCUT2D eigenvalue weighted by Gasteiger charge is 2.18. The van der Waals surface area contributed by atoms with Gasteiger partial charge >= 0.3 is 0 Å². The Kier molecular flexibility index (Phi) is 4.83. The number of nitrogens with zero attached hydrogens (tertiary/aromatic N) is 4. The Morgan fingerprint density at radius 1 is 1.15 bits per heavy atom. The van der Waals surface area contributed by atoms with Gasteiger partial charge in [0.05, 0.1) is 27.4 Å². The van der Waals surface area contributed by atoms with Crippen molar-refractivity contribution in [3.8, 4) is 28.6 Å². The van der Waals surface area contributed by atoms with Gasteiger partial charge in [0, 0.05) is 21.7 Å². The van der Waals surface area contributed by atoms with Crippen molar-refractivity contribution < 1.29 is 18.9 Å². The lowest BCUT2D eigenvalue weighted by Crippen LogP contribution is -2.15. The van der Waals surface area contributed by atoms with Crippen molar-refractivity contribution >= 4 is 11.6 Å². The number of hydrogen-bond donors (Lipinski definition) is 0. The van der Waals surface area contributed by atoms with Crippen molar-refractivity contribution in [3.63, 3.8) is 0 Å². The Balaban J connectivity index is 1.62. The van der Waals surface area contributed by atoms with Crippen LogP contribution in [0.1, 0.15) is 11.1 Å². The maximum atomic E-state index is 6.21. The summed E-state index contributed by atoms with van der Waals surface area (Å²) in [7, 11) is 3.17. The van der Waals surface area contributed by atoms with E-state index in [0.29, 0.717) is 35.5 Å². The molecule has 0 saturated heterocycles. The number of benzene rings is 2. The van der Waals surface area contributed by atoms with E-state index in [-0.39, 0.29) is 6.79 Å². The van der Waals surface area contributed by atoms with Gasteiger partial charge in [-0.2, -0.15) is 4.80 Å². The Morgan fingerprint density at radius 3 is 2.81 bits per heavy atom. The summed E-state index contributed by atoms with van der Waals surface area (Å²) in [6.45, 7) is 1.05. The second-order valence-corrected chi connectivity index (χ2v) is 6.31. The molecule has 0 amide bonds. The average Bonchev–Trinajstić information content (AvgIpc) is 3.15. The van der Waals surface area contributed by atoms with Crippen LogP contribution in [0.4, 0.5) is 0 Å². The van der Waals surface area contributed by atoms with Crippen LogP contribution in [0.25, 0.3) is 11.4 Å². The van der Waals surface area contributed by atoms with Crippen LogP contribution in [0, 0.1) is 0 Å². The number of halogens is 1. The number of aromatic nitrogens is 4. The maximum absolute atomic E-state index is 6.21. The van der Waals surface area contributed by atoms with Crippen molar-refractivity contribution in [2.45, 2.75) is 13.2 Å². The fourth-order valence-corrected chi connectivity index (χ4v) is 3.19. The average molecular weight is 389 g/mol. The first-order chi connectivity index (χ1) is 13.2. The molecule has 140 valence electrons. The predicted molar refractivity (Wildman–Crippen MR) is 97.2 cm³/mol. The van der Waals surface area contributed by atoms with E-state index in [1.807, 2.05) is 24.3 Å². The van der Waals surface area contributed by atoms with Crippen LogP contribution >= 0.6 is 11.6 Å². The standard InChI is InChI=1S/C18H17ClN4O4/c1-24-15-4-3-11(7-16(15)25-2)18-20-22-23(21-18)8-12-5-14(19)6-13-9-26-10-27-17(12)13/h3-7H,8-10H2,1-2H3. The van der Waals surface area contributed by atoms with Gasteiger partial charge in [0.1, 0.15) is 5.75 Å². The molecule has 0 spiro atoms. The van der Waals surface area contributed by atoms with E-state index in [1.165, 1.54) is 4.80 Å². The van der Waals surface area contributed by atoms with Gasteiger partial charge < -0.3 is 18.9 Å². The van der Waals surface area contributed by atoms with Crippen LogP contribution < -0.4 is 14.2 Å². The SMILES string of the molecule is COc1ccc(-c2nnn(Cc3cc(Cl)cc4c3OCOC4)n2)cc1OC. The summed E-state index contributed by atoms with van der Waals surface area (Å²) in [6, 6.07) is 9.14. The lowest BCUT2D eigenvalue weighted by atomic mass is 10.1. The number of fused-ring (bicyclic) bond motifs is 1. The minimum atomic E-state index is 0.212. The molecule has 0 saturated carbocycles. The topological polar surface area (TPSA) is 80.5 Å². The van der Waals surface area contributed by atoms with Gasteiger partial charge in [-0.25, -0.2) is 0 Å². The van der Waals surface area contributed by atoms with Crippen molar-refractivity contribution in [1.82, 2.24) is 20.2 Å². The molecule has 0 unspecified atom stereocenters. The molecule has 1 aromatic heterocycles. The summed E-state index contributed by atoms with van der Waals surface area (Å²) in [4.78, 5) is 1.50. The molecule has 4 rings (SSSR count). The van der Waals surface area contributed by atoms with Crippen LogP contribution in [-0.4, -0.2) is 41.2 Å². The van der Waals surface area contributed by atoms with Gasteiger partial charge in [0.25, 0.3) is 0 Å². The van der Waals surface area contributed by atoms with Crippen LogP contribution in [-0.2, 0) is 17.9 Å². The lowest BCUT2D eigenvalue weighted by Gasteiger charge is -2.20. The molecule has 2 aromatic carbocycles. The third kappa shape index (κ3) is 3.54. The largest absolute Gasteiger partial charge is 0.493 e. The first kappa shape index (κ1) is 17.6. The zero-order valence-corrected chi connectivity index (χ0v) is 15.6. The maximum Gasteiger partial charge on any atom is 0.205 e. The minimum absolute atomic E-state index is 0.212. The minimum Gasteiger partial charge on any atom is -0.493 e. The Morgan fingerprint density at radius 2 is 2.00 bits per heavy atom. The fourth-order valence-electron chi connectivity index (χ4n) is 2.93. The Hall–Kier alpha value is -2.84. The molecule has 9 heteroatoms. The Labute approximate surface area is 160 Å². The molecule has 3 aromatic rings. The van der Waals surface area contributed by atoms with E-state index in [0.717, 1.165) is 22.4 Å². The molecule has 0 atom stereocenters. The molecule has 1 aliphatic rings. The summed E-state index contributed by atoms with van der Waals surface area (Å²) in [5, 5.41) is 13.3. The molecular formula is C18H17ClN4O4. The highest BCUT2D eigenvalue weighted by atomic mass is 35.5. The number of tetrazole rings is 1. The van der Waals surface area contributed by atoms with Crippen LogP contribution in [0.2, 0.25) is 5.02 Å². The summed E-state index contributed by atoms with van der Waals surface area (Å²) in [5.74, 6) is 2.48. The zero-order chi connectivity index (χ0) is 18.8. The highest BCUT2D eigenvalue weighted by molar-refractivity contribution is 6.30. The van der Waals surface area contributed by atoms with Crippen LogP contribution in [0.5, 0.6) is 17.2 Å². The summed E-state index contributed by atoms with van der Waals surface area (Å²) >= 11 is 6.21. The number of hydrogen-bond acceptors (Lipinski definition) is 7. The molecule has 0 radical (unpaired) electrons.